The van der Waals surface area contributed by atoms with Crippen LogP contribution in [0, 0.1) is 17.7 Å². The van der Waals surface area contributed by atoms with E-state index in [1.165, 1.54) is 6.07 Å². The molecule has 0 saturated carbocycles. The summed E-state index contributed by atoms with van der Waals surface area (Å²) in [6.07, 6.45) is 2.78. The Labute approximate surface area is 99.1 Å². The highest BCUT2D eigenvalue weighted by Crippen LogP contribution is 2.24. The summed E-state index contributed by atoms with van der Waals surface area (Å²) >= 11 is 0. The van der Waals surface area contributed by atoms with Crippen molar-refractivity contribution >= 4 is 5.97 Å². The molecule has 1 saturated heterocycles. The van der Waals surface area contributed by atoms with Crippen molar-refractivity contribution in [3.8, 4) is 0 Å². The van der Waals surface area contributed by atoms with Crippen LogP contribution in [0.5, 0.6) is 0 Å². The van der Waals surface area contributed by atoms with Crippen LogP contribution in [0.25, 0.3) is 0 Å². The molecular formula is C12H15FN2O2. The van der Waals surface area contributed by atoms with Gasteiger partial charge in [0, 0.05) is 25.8 Å². The van der Waals surface area contributed by atoms with Gasteiger partial charge >= 0.3 is 5.97 Å². The summed E-state index contributed by atoms with van der Waals surface area (Å²) in [6.45, 7) is 3.74. The molecule has 0 unspecified atom stereocenters. The zero-order valence-corrected chi connectivity index (χ0v) is 9.64. The van der Waals surface area contributed by atoms with E-state index < -0.39 is 5.97 Å². The maximum atomic E-state index is 12.9. The predicted molar refractivity (Wildman–Crippen MR) is 59.8 cm³/mol. The smallest absolute Gasteiger partial charge is 0.308 e. The second kappa shape index (κ2) is 4.79. The number of carbonyl (C=O) groups is 1. The van der Waals surface area contributed by atoms with Crippen LogP contribution in [-0.4, -0.2) is 34.0 Å². The Hall–Kier alpha value is -1.49. The zero-order valence-electron chi connectivity index (χ0n) is 9.64. The third-order valence-electron chi connectivity index (χ3n) is 3.17. The average molecular weight is 238 g/mol. The normalized spacial score (nSPS) is 25.1. The van der Waals surface area contributed by atoms with Gasteiger partial charge in [-0.15, -0.1) is 0 Å². The van der Waals surface area contributed by atoms with Gasteiger partial charge in [-0.2, -0.15) is 0 Å². The molecule has 17 heavy (non-hydrogen) atoms. The minimum Gasteiger partial charge on any atom is -0.481 e. The van der Waals surface area contributed by atoms with Crippen LogP contribution in [0.3, 0.4) is 0 Å². The van der Waals surface area contributed by atoms with Crippen molar-refractivity contribution in [1.29, 1.82) is 0 Å². The predicted octanol–water partition coefficient (Wildman–Crippen LogP) is 1.37. The van der Waals surface area contributed by atoms with Crippen LogP contribution in [0.1, 0.15) is 12.5 Å². The number of rotatable bonds is 3. The molecule has 4 nitrogen and oxygen atoms in total. The summed E-state index contributed by atoms with van der Waals surface area (Å²) in [5.41, 5.74) is 0.781. The van der Waals surface area contributed by atoms with E-state index in [4.69, 9.17) is 5.11 Å². The molecule has 92 valence electrons. The molecule has 0 radical (unpaired) electrons. The van der Waals surface area contributed by atoms with Crippen molar-refractivity contribution in [3.63, 3.8) is 0 Å². The number of aromatic nitrogens is 1. The molecule has 0 aliphatic carbocycles. The van der Waals surface area contributed by atoms with Gasteiger partial charge in [-0.1, -0.05) is 6.92 Å². The third-order valence-corrected chi connectivity index (χ3v) is 3.17. The lowest BCUT2D eigenvalue weighted by Gasteiger charge is -2.14. The third kappa shape index (κ3) is 2.79. The highest BCUT2D eigenvalue weighted by Gasteiger charge is 2.34. The first kappa shape index (κ1) is 12.0. The summed E-state index contributed by atoms with van der Waals surface area (Å²) in [7, 11) is 0. The molecule has 1 aromatic rings. The summed E-state index contributed by atoms with van der Waals surface area (Å²) < 4.78 is 12.9. The molecule has 0 bridgehead atoms. The van der Waals surface area contributed by atoms with Crippen molar-refractivity contribution in [2.45, 2.75) is 13.5 Å². The Balaban J connectivity index is 2.00. The summed E-state index contributed by atoms with van der Waals surface area (Å²) in [5, 5.41) is 9.01. The Morgan fingerprint density at radius 1 is 1.59 bits per heavy atom. The Bertz CT molecular complexity index is 425. The van der Waals surface area contributed by atoms with Gasteiger partial charge in [-0.3, -0.25) is 14.7 Å². The first-order chi connectivity index (χ1) is 8.06. The van der Waals surface area contributed by atoms with Gasteiger partial charge in [-0.05, 0) is 17.5 Å². The molecule has 1 aliphatic heterocycles. The number of aliphatic carboxylic acids is 1. The maximum absolute atomic E-state index is 12.9. The lowest BCUT2D eigenvalue weighted by molar-refractivity contribution is -0.142. The molecule has 1 fully saturated rings. The SMILES string of the molecule is C[C@@H]1CN(Cc2cncc(F)c2)C[C@H]1C(=O)O. The van der Waals surface area contributed by atoms with E-state index in [1.807, 2.05) is 11.8 Å². The molecule has 1 aliphatic rings. The Kier molecular flexibility index (Phi) is 3.38. The number of hydrogen-bond donors (Lipinski definition) is 1. The van der Waals surface area contributed by atoms with Gasteiger partial charge in [-0.25, -0.2) is 4.39 Å². The fourth-order valence-corrected chi connectivity index (χ4v) is 2.32. The topological polar surface area (TPSA) is 53.4 Å². The van der Waals surface area contributed by atoms with Crippen molar-refractivity contribution in [3.05, 3.63) is 29.8 Å². The Morgan fingerprint density at radius 2 is 2.35 bits per heavy atom. The van der Waals surface area contributed by atoms with E-state index in [0.29, 0.717) is 13.1 Å². The van der Waals surface area contributed by atoms with Crippen molar-refractivity contribution in [1.82, 2.24) is 9.88 Å². The van der Waals surface area contributed by atoms with Gasteiger partial charge < -0.3 is 5.11 Å². The number of nitrogens with zero attached hydrogens (tertiary/aromatic N) is 2. The van der Waals surface area contributed by atoms with E-state index in [-0.39, 0.29) is 17.7 Å². The van der Waals surface area contributed by atoms with Crippen molar-refractivity contribution in [2.24, 2.45) is 11.8 Å². The van der Waals surface area contributed by atoms with E-state index in [9.17, 15) is 9.18 Å². The lowest BCUT2D eigenvalue weighted by atomic mass is 9.99. The minimum absolute atomic E-state index is 0.133. The molecule has 0 spiro atoms. The summed E-state index contributed by atoms with van der Waals surface area (Å²) in [4.78, 5) is 16.8. The molecule has 0 amide bonds. The molecular weight excluding hydrogens is 223 g/mol. The van der Waals surface area contributed by atoms with Crippen LogP contribution in [0.4, 0.5) is 4.39 Å². The van der Waals surface area contributed by atoms with E-state index >= 15 is 0 Å². The van der Waals surface area contributed by atoms with Crippen LogP contribution < -0.4 is 0 Å². The number of pyridine rings is 1. The number of carboxylic acids is 1. The van der Waals surface area contributed by atoms with Crippen molar-refractivity contribution < 1.29 is 14.3 Å². The van der Waals surface area contributed by atoms with Crippen LogP contribution >= 0.6 is 0 Å². The summed E-state index contributed by atoms with van der Waals surface area (Å²) in [5.74, 6) is -1.30. The number of hydrogen-bond acceptors (Lipinski definition) is 3. The van der Waals surface area contributed by atoms with E-state index in [2.05, 4.69) is 4.98 Å². The first-order valence-corrected chi connectivity index (χ1v) is 5.61. The molecule has 1 aromatic heterocycles. The lowest BCUT2D eigenvalue weighted by Crippen LogP contribution is -2.23. The Morgan fingerprint density at radius 3 is 2.94 bits per heavy atom. The van der Waals surface area contributed by atoms with Gasteiger partial charge in [0.1, 0.15) is 5.82 Å². The van der Waals surface area contributed by atoms with Crippen LogP contribution in [0.2, 0.25) is 0 Å². The van der Waals surface area contributed by atoms with Gasteiger partial charge in [0.2, 0.25) is 0 Å². The second-order valence-corrected chi connectivity index (χ2v) is 4.63. The fraction of sp³-hybridized carbons (Fsp3) is 0.500. The molecule has 2 atom stereocenters. The summed E-state index contributed by atoms with van der Waals surface area (Å²) in [6, 6.07) is 1.44. The van der Waals surface area contributed by atoms with Crippen LogP contribution in [-0.2, 0) is 11.3 Å². The first-order valence-electron chi connectivity index (χ1n) is 5.61. The monoisotopic (exact) mass is 238 g/mol. The fourth-order valence-electron chi connectivity index (χ4n) is 2.32. The average Bonchev–Trinajstić information content (AvgIpc) is 2.59. The molecule has 5 heteroatoms. The molecule has 0 aromatic carbocycles. The van der Waals surface area contributed by atoms with Gasteiger partial charge in [0.15, 0.2) is 0 Å². The number of likely N-dealkylation sites (tertiary alicyclic amines) is 1. The highest BCUT2D eigenvalue weighted by atomic mass is 19.1. The quantitative estimate of drug-likeness (QED) is 0.864. The molecule has 2 rings (SSSR count). The van der Waals surface area contributed by atoms with Crippen LogP contribution in [0.15, 0.2) is 18.5 Å². The minimum atomic E-state index is -0.752. The van der Waals surface area contributed by atoms with E-state index in [1.54, 1.807) is 6.20 Å². The molecule has 1 N–H and O–H groups in total. The highest BCUT2D eigenvalue weighted by molar-refractivity contribution is 5.71. The van der Waals surface area contributed by atoms with Crippen molar-refractivity contribution in [2.75, 3.05) is 13.1 Å². The second-order valence-electron chi connectivity index (χ2n) is 4.63. The van der Waals surface area contributed by atoms with Gasteiger partial charge in [0.25, 0.3) is 0 Å². The number of carboxylic acid groups (broad SMARTS) is 1. The maximum Gasteiger partial charge on any atom is 0.308 e. The van der Waals surface area contributed by atoms with E-state index in [0.717, 1.165) is 18.3 Å². The zero-order chi connectivity index (χ0) is 12.4. The molecule has 2 heterocycles. The van der Waals surface area contributed by atoms with Gasteiger partial charge in [0.05, 0.1) is 12.1 Å². The largest absolute Gasteiger partial charge is 0.481 e. The number of halogens is 1. The standard InChI is InChI=1S/C12H15FN2O2/c1-8-5-15(7-11(8)12(16)17)6-9-2-10(13)4-14-3-9/h2-4,8,11H,5-7H2,1H3,(H,16,17)/t8-,11-/m1/s1.